The smallest absolute Gasteiger partial charge is 0.175 e. The fourth-order valence-electron chi connectivity index (χ4n) is 2.24. The minimum Gasteiger partial charge on any atom is -0.492 e. The van der Waals surface area contributed by atoms with Crippen LogP contribution in [0.5, 0.6) is 5.75 Å². The average molecular weight is 325 g/mol. The van der Waals surface area contributed by atoms with Gasteiger partial charge in [-0.1, -0.05) is 17.3 Å². The van der Waals surface area contributed by atoms with Crippen molar-refractivity contribution in [3.8, 4) is 5.75 Å². The molecule has 0 unspecified atom stereocenters. The van der Waals surface area contributed by atoms with Crippen LogP contribution in [0.1, 0.15) is 18.5 Å². The molecule has 0 radical (unpaired) electrons. The van der Waals surface area contributed by atoms with Gasteiger partial charge in [-0.2, -0.15) is 0 Å². The second-order valence-corrected chi connectivity index (χ2v) is 5.19. The Hall–Kier alpha value is -3.09. The lowest BCUT2D eigenvalue weighted by Crippen LogP contribution is -2.03. The summed E-state index contributed by atoms with van der Waals surface area (Å²) in [6, 6.07) is 11.3. The number of nitrogens with zero attached hydrogens (tertiary/aromatic N) is 3. The number of ether oxygens (including phenoxy) is 1. The zero-order valence-electron chi connectivity index (χ0n) is 13.8. The molecular weight excluding hydrogens is 306 g/mol. The van der Waals surface area contributed by atoms with Crippen LogP contribution < -0.4 is 15.4 Å². The lowest BCUT2D eigenvalue weighted by molar-refractivity contribution is 0.342. The van der Waals surface area contributed by atoms with Crippen molar-refractivity contribution in [2.45, 2.75) is 20.8 Å². The summed E-state index contributed by atoms with van der Waals surface area (Å²) in [6.07, 6.45) is 0. The number of para-hydroxylation sites is 2. The number of nitrogens with one attached hydrogen (secondary N) is 2. The normalized spacial score (nSPS) is 10.5. The lowest BCUT2D eigenvalue weighted by atomic mass is 10.3. The summed E-state index contributed by atoms with van der Waals surface area (Å²) in [6.45, 7) is 6.22. The quantitative estimate of drug-likeness (QED) is 0.709. The molecule has 0 fully saturated rings. The highest BCUT2D eigenvalue weighted by molar-refractivity contribution is 5.66. The van der Waals surface area contributed by atoms with Gasteiger partial charge in [0.1, 0.15) is 29.0 Å². The number of hydrogen-bond donors (Lipinski definition) is 2. The molecule has 1 aromatic carbocycles. The van der Waals surface area contributed by atoms with Crippen LogP contribution in [-0.4, -0.2) is 21.7 Å². The maximum Gasteiger partial charge on any atom is 0.175 e. The Bertz CT molecular complexity index is 831. The van der Waals surface area contributed by atoms with Crippen molar-refractivity contribution >= 4 is 23.1 Å². The van der Waals surface area contributed by atoms with E-state index >= 15 is 0 Å². The standard InChI is InChI=1S/C17H19N5O2/c1-4-23-14-8-6-5-7-13(14)20-15-10-16(19-12(3)18-15)21-17-9-11(2)24-22-17/h5-10H,4H2,1-3H3,(H2,18,19,20,21,22). The predicted octanol–water partition coefficient (Wildman–Crippen LogP) is 3.97. The van der Waals surface area contributed by atoms with E-state index in [1.165, 1.54) is 0 Å². The number of hydrogen-bond acceptors (Lipinski definition) is 7. The molecule has 3 aromatic rings. The topological polar surface area (TPSA) is 85.1 Å². The Balaban J connectivity index is 1.84. The molecule has 24 heavy (non-hydrogen) atoms. The maximum atomic E-state index is 5.62. The van der Waals surface area contributed by atoms with E-state index in [4.69, 9.17) is 9.26 Å². The largest absolute Gasteiger partial charge is 0.492 e. The van der Waals surface area contributed by atoms with Crippen molar-refractivity contribution < 1.29 is 9.26 Å². The van der Waals surface area contributed by atoms with Crippen molar-refractivity contribution in [3.63, 3.8) is 0 Å². The molecule has 3 rings (SSSR count). The predicted molar refractivity (Wildman–Crippen MR) is 92.2 cm³/mol. The Morgan fingerprint density at radius 1 is 1.00 bits per heavy atom. The van der Waals surface area contributed by atoms with Crippen LogP contribution in [0.2, 0.25) is 0 Å². The van der Waals surface area contributed by atoms with E-state index in [1.54, 1.807) is 12.1 Å². The molecular formula is C17H19N5O2. The Kier molecular flexibility index (Phi) is 4.60. The third-order valence-corrected chi connectivity index (χ3v) is 3.17. The van der Waals surface area contributed by atoms with Crippen LogP contribution >= 0.6 is 0 Å². The van der Waals surface area contributed by atoms with E-state index in [0.29, 0.717) is 29.9 Å². The summed E-state index contributed by atoms with van der Waals surface area (Å²) in [5.74, 6) is 4.04. The van der Waals surface area contributed by atoms with E-state index in [0.717, 1.165) is 17.2 Å². The Labute approximate surface area is 140 Å². The lowest BCUT2D eigenvalue weighted by Gasteiger charge is -2.12. The zero-order chi connectivity index (χ0) is 16.9. The van der Waals surface area contributed by atoms with E-state index in [9.17, 15) is 0 Å². The molecule has 2 N–H and O–H groups in total. The molecule has 0 saturated carbocycles. The monoisotopic (exact) mass is 325 g/mol. The zero-order valence-corrected chi connectivity index (χ0v) is 13.8. The fourth-order valence-corrected chi connectivity index (χ4v) is 2.24. The molecule has 0 amide bonds. The van der Waals surface area contributed by atoms with Crippen LogP contribution in [0, 0.1) is 13.8 Å². The number of benzene rings is 1. The van der Waals surface area contributed by atoms with Crippen LogP contribution in [0.25, 0.3) is 0 Å². The van der Waals surface area contributed by atoms with Crippen LogP contribution in [0.3, 0.4) is 0 Å². The van der Waals surface area contributed by atoms with Crippen LogP contribution in [0.15, 0.2) is 40.9 Å². The van der Waals surface area contributed by atoms with E-state index < -0.39 is 0 Å². The van der Waals surface area contributed by atoms with Gasteiger partial charge in [-0.25, -0.2) is 9.97 Å². The summed E-state index contributed by atoms with van der Waals surface area (Å²) < 4.78 is 10.7. The summed E-state index contributed by atoms with van der Waals surface area (Å²) in [5, 5.41) is 10.3. The van der Waals surface area contributed by atoms with Crippen molar-refractivity contribution in [3.05, 3.63) is 48.0 Å². The SMILES string of the molecule is CCOc1ccccc1Nc1cc(Nc2cc(C)on2)nc(C)n1. The molecule has 0 bridgehead atoms. The van der Waals surface area contributed by atoms with Crippen molar-refractivity contribution in [2.75, 3.05) is 17.2 Å². The summed E-state index contributed by atoms with van der Waals surface area (Å²) in [5.41, 5.74) is 0.848. The van der Waals surface area contributed by atoms with Crippen molar-refractivity contribution in [1.29, 1.82) is 0 Å². The molecule has 2 heterocycles. The summed E-state index contributed by atoms with van der Waals surface area (Å²) in [4.78, 5) is 8.78. The summed E-state index contributed by atoms with van der Waals surface area (Å²) in [7, 11) is 0. The summed E-state index contributed by atoms with van der Waals surface area (Å²) >= 11 is 0. The first kappa shape index (κ1) is 15.8. The maximum absolute atomic E-state index is 5.62. The van der Waals surface area contributed by atoms with E-state index in [2.05, 4.69) is 25.8 Å². The van der Waals surface area contributed by atoms with Gasteiger partial charge in [0.05, 0.1) is 12.3 Å². The second-order valence-electron chi connectivity index (χ2n) is 5.19. The van der Waals surface area contributed by atoms with Gasteiger partial charge in [0.2, 0.25) is 0 Å². The van der Waals surface area contributed by atoms with Gasteiger partial charge in [-0.05, 0) is 32.9 Å². The molecule has 0 saturated heterocycles. The Morgan fingerprint density at radius 2 is 1.75 bits per heavy atom. The fraction of sp³-hybridized carbons (Fsp3) is 0.235. The molecule has 0 aliphatic rings. The molecule has 7 nitrogen and oxygen atoms in total. The molecule has 0 atom stereocenters. The van der Waals surface area contributed by atoms with Gasteiger partial charge in [-0.15, -0.1) is 0 Å². The third-order valence-electron chi connectivity index (χ3n) is 3.17. The van der Waals surface area contributed by atoms with Gasteiger partial charge in [0.25, 0.3) is 0 Å². The first-order valence-electron chi connectivity index (χ1n) is 7.69. The van der Waals surface area contributed by atoms with Gasteiger partial charge in [0, 0.05) is 12.1 Å². The highest BCUT2D eigenvalue weighted by atomic mass is 16.5. The minimum absolute atomic E-state index is 0.597. The van der Waals surface area contributed by atoms with Crippen molar-refractivity contribution in [1.82, 2.24) is 15.1 Å². The van der Waals surface area contributed by atoms with E-state index in [1.807, 2.05) is 45.0 Å². The molecule has 0 aliphatic heterocycles. The number of aromatic nitrogens is 3. The van der Waals surface area contributed by atoms with Gasteiger partial charge in [0.15, 0.2) is 5.82 Å². The number of aryl methyl sites for hydroxylation is 2. The van der Waals surface area contributed by atoms with Crippen LogP contribution in [-0.2, 0) is 0 Å². The average Bonchev–Trinajstić information content (AvgIpc) is 2.94. The molecule has 0 spiro atoms. The highest BCUT2D eigenvalue weighted by Crippen LogP contribution is 2.27. The molecule has 0 aliphatic carbocycles. The first-order valence-corrected chi connectivity index (χ1v) is 7.69. The molecule has 7 heteroatoms. The van der Waals surface area contributed by atoms with Crippen LogP contribution in [0.4, 0.5) is 23.1 Å². The molecule has 2 aromatic heterocycles. The van der Waals surface area contributed by atoms with Gasteiger partial charge in [-0.3, -0.25) is 0 Å². The molecule has 124 valence electrons. The second kappa shape index (κ2) is 6.99. The van der Waals surface area contributed by atoms with Gasteiger partial charge >= 0.3 is 0 Å². The van der Waals surface area contributed by atoms with Crippen molar-refractivity contribution in [2.24, 2.45) is 0 Å². The van der Waals surface area contributed by atoms with Gasteiger partial charge < -0.3 is 19.9 Å². The first-order chi connectivity index (χ1) is 11.6. The third kappa shape index (κ3) is 3.81. The number of anilines is 4. The highest BCUT2D eigenvalue weighted by Gasteiger charge is 2.08. The Morgan fingerprint density at radius 3 is 2.46 bits per heavy atom. The van der Waals surface area contributed by atoms with E-state index in [-0.39, 0.29) is 0 Å². The minimum atomic E-state index is 0.597. The number of rotatable bonds is 6.